The van der Waals surface area contributed by atoms with E-state index in [1.807, 2.05) is 48.5 Å². The van der Waals surface area contributed by atoms with E-state index in [1.54, 1.807) is 13.3 Å². The van der Waals surface area contributed by atoms with Crippen LogP contribution in [0.15, 0.2) is 53.6 Å². The minimum absolute atomic E-state index is 0.414. The molecule has 3 nitrogen and oxygen atoms in total. The topological polar surface area (TPSA) is 33.6 Å². The molecule has 0 aliphatic rings. The normalized spacial score (nSPS) is 10.6. The van der Waals surface area contributed by atoms with Crippen molar-refractivity contribution in [3.05, 3.63) is 59.7 Å². The number of methoxy groups -OCH3 is 1. The Morgan fingerprint density at radius 3 is 2.68 bits per heavy atom. The molecule has 0 aliphatic heterocycles. The molecule has 0 aliphatic carbocycles. The number of halogens is 1. The molecule has 1 N–H and O–H groups in total. The van der Waals surface area contributed by atoms with Gasteiger partial charge < -0.3 is 4.74 Å². The summed E-state index contributed by atoms with van der Waals surface area (Å²) < 4.78 is 5.22. The third-order valence-electron chi connectivity index (χ3n) is 2.63. The first-order valence-electron chi connectivity index (χ1n) is 5.90. The van der Waals surface area contributed by atoms with Crippen molar-refractivity contribution in [3.63, 3.8) is 0 Å². The van der Waals surface area contributed by atoms with Crippen LogP contribution in [0.4, 0.5) is 5.69 Å². The van der Waals surface area contributed by atoms with Crippen LogP contribution in [-0.2, 0) is 5.88 Å². The first-order chi connectivity index (χ1) is 9.33. The quantitative estimate of drug-likeness (QED) is 0.510. The summed E-state index contributed by atoms with van der Waals surface area (Å²) in [4.78, 5) is 0. The molecule has 0 amide bonds. The van der Waals surface area contributed by atoms with Crippen LogP contribution in [0.3, 0.4) is 0 Å². The number of benzene rings is 2. The van der Waals surface area contributed by atoms with Crippen LogP contribution in [0.1, 0.15) is 11.1 Å². The lowest BCUT2D eigenvalue weighted by atomic mass is 10.1. The van der Waals surface area contributed by atoms with Crippen LogP contribution in [-0.4, -0.2) is 13.3 Å². The summed E-state index contributed by atoms with van der Waals surface area (Å²) in [5.74, 6) is 1.21. The van der Waals surface area contributed by atoms with Gasteiger partial charge in [-0.3, -0.25) is 5.43 Å². The second-order valence-corrected chi connectivity index (χ2v) is 4.21. The smallest absolute Gasteiger partial charge is 0.123 e. The summed E-state index contributed by atoms with van der Waals surface area (Å²) in [5.41, 5.74) is 5.84. The molecule has 0 radical (unpaired) electrons. The Balaban J connectivity index is 2.07. The summed E-state index contributed by atoms with van der Waals surface area (Å²) in [5, 5.41) is 4.18. The van der Waals surface area contributed by atoms with E-state index in [1.165, 1.54) is 0 Å². The van der Waals surface area contributed by atoms with Crippen LogP contribution in [0.5, 0.6) is 5.75 Å². The molecule has 0 saturated heterocycles. The molecule has 2 aromatic rings. The average molecular weight is 275 g/mol. The van der Waals surface area contributed by atoms with Crippen molar-refractivity contribution in [2.75, 3.05) is 12.5 Å². The number of anilines is 1. The van der Waals surface area contributed by atoms with Gasteiger partial charge in [-0.2, -0.15) is 5.10 Å². The second kappa shape index (κ2) is 6.81. The molecular formula is C15H15ClN2O. The first-order valence-corrected chi connectivity index (χ1v) is 6.44. The van der Waals surface area contributed by atoms with E-state index in [9.17, 15) is 0 Å². The van der Waals surface area contributed by atoms with E-state index >= 15 is 0 Å². The van der Waals surface area contributed by atoms with E-state index in [2.05, 4.69) is 10.5 Å². The van der Waals surface area contributed by atoms with Crippen molar-refractivity contribution in [1.82, 2.24) is 0 Å². The maximum absolute atomic E-state index is 5.87. The van der Waals surface area contributed by atoms with Crippen molar-refractivity contribution in [2.45, 2.75) is 5.88 Å². The van der Waals surface area contributed by atoms with Gasteiger partial charge in [0.2, 0.25) is 0 Å². The summed E-state index contributed by atoms with van der Waals surface area (Å²) in [6.07, 6.45) is 1.75. The molecular weight excluding hydrogens is 260 g/mol. The predicted octanol–water partition coefficient (Wildman–Crippen LogP) is 3.88. The lowest BCUT2D eigenvalue weighted by molar-refractivity contribution is 0.411. The number of hydrogen-bond donors (Lipinski definition) is 1. The molecule has 98 valence electrons. The molecule has 19 heavy (non-hydrogen) atoms. The zero-order valence-electron chi connectivity index (χ0n) is 10.6. The number of rotatable bonds is 5. The maximum Gasteiger partial charge on any atom is 0.123 e. The largest absolute Gasteiger partial charge is 0.496 e. The summed E-state index contributed by atoms with van der Waals surface area (Å²) >= 11 is 5.87. The summed E-state index contributed by atoms with van der Waals surface area (Å²) in [7, 11) is 1.64. The molecule has 0 heterocycles. The highest BCUT2D eigenvalue weighted by Gasteiger charge is 2.01. The first kappa shape index (κ1) is 13.4. The lowest BCUT2D eigenvalue weighted by Crippen LogP contribution is -1.93. The van der Waals surface area contributed by atoms with Crippen LogP contribution < -0.4 is 10.2 Å². The number of nitrogens with zero attached hydrogens (tertiary/aromatic N) is 1. The Morgan fingerprint density at radius 2 is 2.00 bits per heavy atom. The highest BCUT2D eigenvalue weighted by Crippen LogP contribution is 2.20. The minimum Gasteiger partial charge on any atom is -0.496 e. The van der Waals surface area contributed by atoms with E-state index in [0.29, 0.717) is 5.88 Å². The molecule has 0 bridgehead atoms. The maximum atomic E-state index is 5.87. The third kappa shape index (κ3) is 3.73. The fraction of sp³-hybridized carbons (Fsp3) is 0.133. The van der Waals surface area contributed by atoms with Crippen molar-refractivity contribution in [3.8, 4) is 5.75 Å². The molecule has 0 saturated carbocycles. The average Bonchev–Trinajstić information content (AvgIpc) is 2.48. The minimum atomic E-state index is 0.414. The van der Waals surface area contributed by atoms with E-state index < -0.39 is 0 Å². The zero-order chi connectivity index (χ0) is 13.5. The van der Waals surface area contributed by atoms with Crippen LogP contribution in [0, 0.1) is 0 Å². The highest BCUT2D eigenvalue weighted by atomic mass is 35.5. The number of para-hydroxylation sites is 1. The van der Waals surface area contributed by atoms with Gasteiger partial charge in [0.15, 0.2) is 0 Å². The zero-order valence-corrected chi connectivity index (χ0v) is 11.4. The van der Waals surface area contributed by atoms with E-state index in [0.717, 1.165) is 22.6 Å². The standard InChI is InChI=1S/C15H15ClN2O/c1-19-15-8-7-12(9-13(15)10-16)11-17-18-14-5-3-2-4-6-14/h2-9,11,18H,10H2,1H3. The molecule has 2 aromatic carbocycles. The number of ether oxygens (including phenoxy) is 1. The SMILES string of the molecule is COc1ccc(C=NNc2ccccc2)cc1CCl. The number of alkyl halides is 1. The van der Waals surface area contributed by atoms with Gasteiger partial charge in [-0.05, 0) is 35.9 Å². The molecule has 0 fully saturated rings. The van der Waals surface area contributed by atoms with Crippen molar-refractivity contribution >= 4 is 23.5 Å². The van der Waals surface area contributed by atoms with Crippen LogP contribution in [0.25, 0.3) is 0 Å². The van der Waals surface area contributed by atoms with E-state index in [4.69, 9.17) is 16.3 Å². The number of nitrogens with one attached hydrogen (secondary N) is 1. The predicted molar refractivity (Wildman–Crippen MR) is 80.2 cm³/mol. The fourth-order valence-corrected chi connectivity index (χ4v) is 1.89. The molecule has 0 aromatic heterocycles. The van der Waals surface area contributed by atoms with Gasteiger partial charge in [0.05, 0.1) is 24.9 Å². The second-order valence-electron chi connectivity index (χ2n) is 3.94. The van der Waals surface area contributed by atoms with E-state index in [-0.39, 0.29) is 0 Å². The molecule has 0 atom stereocenters. The van der Waals surface area contributed by atoms with Gasteiger partial charge in [-0.25, -0.2) is 0 Å². The number of hydrogen-bond acceptors (Lipinski definition) is 3. The fourth-order valence-electron chi connectivity index (χ4n) is 1.68. The van der Waals surface area contributed by atoms with Crippen molar-refractivity contribution in [1.29, 1.82) is 0 Å². The summed E-state index contributed by atoms with van der Waals surface area (Å²) in [6.45, 7) is 0. The number of hydrazone groups is 1. The van der Waals surface area contributed by atoms with Gasteiger partial charge in [0.25, 0.3) is 0 Å². The Bertz CT molecular complexity index is 555. The van der Waals surface area contributed by atoms with Crippen molar-refractivity contribution < 1.29 is 4.74 Å². The molecule has 0 spiro atoms. The van der Waals surface area contributed by atoms with Crippen molar-refractivity contribution in [2.24, 2.45) is 5.10 Å². The van der Waals surface area contributed by atoms with Gasteiger partial charge in [-0.15, -0.1) is 11.6 Å². The molecule has 0 unspecified atom stereocenters. The van der Waals surface area contributed by atoms with Crippen LogP contribution >= 0.6 is 11.6 Å². The van der Waals surface area contributed by atoms with Crippen LogP contribution in [0.2, 0.25) is 0 Å². The third-order valence-corrected chi connectivity index (χ3v) is 2.92. The molecule has 2 rings (SSSR count). The van der Waals surface area contributed by atoms with Gasteiger partial charge in [0, 0.05) is 5.56 Å². The van der Waals surface area contributed by atoms with Gasteiger partial charge >= 0.3 is 0 Å². The Hall–Kier alpha value is -2.00. The Labute approximate surface area is 117 Å². The summed E-state index contributed by atoms with van der Waals surface area (Å²) in [6, 6.07) is 15.6. The lowest BCUT2D eigenvalue weighted by Gasteiger charge is -2.06. The molecule has 4 heteroatoms. The Morgan fingerprint density at radius 1 is 1.21 bits per heavy atom. The highest BCUT2D eigenvalue weighted by molar-refractivity contribution is 6.17. The monoisotopic (exact) mass is 274 g/mol. The van der Waals surface area contributed by atoms with Gasteiger partial charge in [-0.1, -0.05) is 18.2 Å². The van der Waals surface area contributed by atoms with Gasteiger partial charge in [0.1, 0.15) is 5.75 Å². The Kier molecular flexibility index (Phi) is 4.81.